The van der Waals surface area contributed by atoms with Gasteiger partial charge in [-0.1, -0.05) is 23.7 Å². The number of hydrogen-bond acceptors (Lipinski definition) is 7. The number of aryl methyl sites for hydroxylation is 1. The van der Waals surface area contributed by atoms with Crippen molar-refractivity contribution in [2.24, 2.45) is 5.73 Å². The number of ether oxygens (including phenoxy) is 1. The first-order valence-corrected chi connectivity index (χ1v) is 9.86. The van der Waals surface area contributed by atoms with Crippen LogP contribution in [0.25, 0.3) is 0 Å². The van der Waals surface area contributed by atoms with Gasteiger partial charge in [0.1, 0.15) is 5.75 Å². The summed E-state index contributed by atoms with van der Waals surface area (Å²) < 4.78 is 10.6. The van der Waals surface area contributed by atoms with Gasteiger partial charge in [0.2, 0.25) is 17.6 Å². The topological polar surface area (TPSA) is 107 Å². The van der Waals surface area contributed by atoms with Crippen molar-refractivity contribution in [3.8, 4) is 5.75 Å². The van der Waals surface area contributed by atoms with E-state index in [1.54, 1.807) is 6.92 Å². The van der Waals surface area contributed by atoms with Gasteiger partial charge in [0.05, 0.1) is 0 Å². The summed E-state index contributed by atoms with van der Waals surface area (Å²) in [6.45, 7) is 5.02. The number of amides is 1. The van der Waals surface area contributed by atoms with E-state index in [0.29, 0.717) is 37.3 Å². The van der Waals surface area contributed by atoms with Crippen LogP contribution in [0.1, 0.15) is 43.0 Å². The molecule has 2 heterocycles. The summed E-state index contributed by atoms with van der Waals surface area (Å²) in [5.41, 5.74) is 6.67. The zero-order valence-corrected chi connectivity index (χ0v) is 17.6. The molecule has 1 unspecified atom stereocenters. The fourth-order valence-electron chi connectivity index (χ4n) is 3.42. The molecule has 0 aliphatic carbocycles. The first-order valence-electron chi connectivity index (χ1n) is 9.86. The summed E-state index contributed by atoms with van der Waals surface area (Å²) in [7, 11) is 0. The van der Waals surface area contributed by atoms with E-state index in [4.69, 9.17) is 15.0 Å². The van der Waals surface area contributed by atoms with Gasteiger partial charge in [-0.2, -0.15) is 4.98 Å². The molecule has 3 rings (SSSR count). The van der Waals surface area contributed by atoms with Crippen LogP contribution < -0.4 is 15.8 Å². The number of nitrogens with one attached hydrogen (secondary N) is 1. The molecule has 1 aliphatic rings. The van der Waals surface area contributed by atoms with Crippen LogP contribution in [-0.2, 0) is 17.9 Å². The van der Waals surface area contributed by atoms with Crippen molar-refractivity contribution in [3.05, 3.63) is 41.5 Å². The zero-order chi connectivity index (χ0) is 19.8. The standard InChI is InChI=1S/C20H29N5O3.ClH/c1-15-23-19(24-28-15)14-27-18-7-5-16(6-8-18)13-25-11-3-2-4-17(25)12-22-20(26)9-10-21;/h5-8,17H,2-4,9-14,21H2,1H3,(H,22,26);1H. The van der Waals surface area contributed by atoms with Gasteiger partial charge in [-0.05, 0) is 37.1 Å². The number of benzene rings is 1. The Balaban J connectivity index is 0.00000300. The molecule has 0 radical (unpaired) electrons. The highest BCUT2D eigenvalue weighted by Crippen LogP contribution is 2.21. The highest BCUT2D eigenvalue weighted by molar-refractivity contribution is 5.85. The number of carbonyl (C=O) groups is 1. The van der Waals surface area contributed by atoms with E-state index in [-0.39, 0.29) is 24.9 Å². The van der Waals surface area contributed by atoms with Gasteiger partial charge < -0.3 is 20.3 Å². The Hall–Kier alpha value is -2.16. The molecule has 1 aliphatic heterocycles. The minimum absolute atomic E-state index is 0. The molecule has 8 nitrogen and oxygen atoms in total. The Bertz CT molecular complexity index is 753. The Morgan fingerprint density at radius 2 is 2.14 bits per heavy atom. The maximum absolute atomic E-state index is 11.7. The minimum atomic E-state index is 0. The maximum Gasteiger partial charge on any atom is 0.223 e. The Kier molecular flexibility index (Phi) is 9.37. The third-order valence-electron chi connectivity index (χ3n) is 4.90. The van der Waals surface area contributed by atoms with Crippen LogP contribution in [0.15, 0.2) is 28.8 Å². The summed E-state index contributed by atoms with van der Waals surface area (Å²) in [5.74, 6) is 1.88. The summed E-state index contributed by atoms with van der Waals surface area (Å²) >= 11 is 0. The second kappa shape index (κ2) is 11.7. The average molecular weight is 424 g/mol. The van der Waals surface area contributed by atoms with Gasteiger partial charge in [-0.3, -0.25) is 9.69 Å². The number of carbonyl (C=O) groups excluding carboxylic acids is 1. The molecule has 1 saturated heterocycles. The van der Waals surface area contributed by atoms with Crippen LogP contribution in [0.5, 0.6) is 5.75 Å². The summed E-state index contributed by atoms with van der Waals surface area (Å²) in [6.07, 6.45) is 3.89. The normalized spacial score (nSPS) is 16.8. The van der Waals surface area contributed by atoms with Crippen molar-refractivity contribution in [2.45, 2.75) is 51.8 Å². The molecule has 3 N–H and O–H groups in total. The van der Waals surface area contributed by atoms with Crippen molar-refractivity contribution in [1.29, 1.82) is 0 Å². The predicted molar refractivity (Wildman–Crippen MR) is 112 cm³/mol. The van der Waals surface area contributed by atoms with E-state index < -0.39 is 0 Å². The van der Waals surface area contributed by atoms with Crippen LogP contribution >= 0.6 is 12.4 Å². The smallest absolute Gasteiger partial charge is 0.223 e. The fourth-order valence-corrected chi connectivity index (χ4v) is 3.42. The van der Waals surface area contributed by atoms with Gasteiger partial charge in [0.15, 0.2) is 6.61 Å². The molecular formula is C20H30ClN5O3. The number of hydrogen-bond donors (Lipinski definition) is 2. The largest absolute Gasteiger partial charge is 0.485 e. The number of halogens is 1. The highest BCUT2D eigenvalue weighted by Gasteiger charge is 2.22. The molecule has 160 valence electrons. The highest BCUT2D eigenvalue weighted by atomic mass is 35.5. The third-order valence-corrected chi connectivity index (χ3v) is 4.90. The van der Waals surface area contributed by atoms with Crippen LogP contribution in [0.4, 0.5) is 0 Å². The molecule has 2 aromatic rings. The molecule has 1 atom stereocenters. The maximum atomic E-state index is 11.7. The van der Waals surface area contributed by atoms with E-state index in [1.165, 1.54) is 18.4 Å². The van der Waals surface area contributed by atoms with Gasteiger partial charge in [-0.15, -0.1) is 12.4 Å². The molecule has 1 aromatic heterocycles. The monoisotopic (exact) mass is 423 g/mol. The van der Waals surface area contributed by atoms with Crippen molar-refractivity contribution in [1.82, 2.24) is 20.4 Å². The minimum Gasteiger partial charge on any atom is -0.485 e. The molecule has 1 fully saturated rings. The van der Waals surface area contributed by atoms with Crippen LogP contribution in [0, 0.1) is 6.92 Å². The van der Waals surface area contributed by atoms with E-state index in [0.717, 1.165) is 25.3 Å². The van der Waals surface area contributed by atoms with Crippen LogP contribution in [-0.4, -0.2) is 46.6 Å². The van der Waals surface area contributed by atoms with E-state index in [1.807, 2.05) is 12.1 Å². The number of piperidine rings is 1. The van der Waals surface area contributed by atoms with Crippen LogP contribution in [0.3, 0.4) is 0 Å². The van der Waals surface area contributed by atoms with Crippen molar-refractivity contribution in [3.63, 3.8) is 0 Å². The molecule has 0 spiro atoms. The van der Waals surface area contributed by atoms with Gasteiger partial charge in [-0.25, -0.2) is 0 Å². The molecule has 1 amide bonds. The van der Waals surface area contributed by atoms with Crippen molar-refractivity contribution in [2.75, 3.05) is 19.6 Å². The Labute approximate surface area is 177 Å². The lowest BCUT2D eigenvalue weighted by atomic mass is 10.0. The summed E-state index contributed by atoms with van der Waals surface area (Å²) in [5, 5.41) is 6.83. The summed E-state index contributed by atoms with van der Waals surface area (Å²) in [4.78, 5) is 18.3. The average Bonchev–Trinajstić information content (AvgIpc) is 3.12. The first-order chi connectivity index (χ1) is 13.6. The van der Waals surface area contributed by atoms with Crippen molar-refractivity contribution >= 4 is 18.3 Å². The van der Waals surface area contributed by atoms with Crippen molar-refractivity contribution < 1.29 is 14.1 Å². The molecule has 9 heteroatoms. The molecular weight excluding hydrogens is 394 g/mol. The fraction of sp³-hybridized carbons (Fsp3) is 0.550. The number of nitrogens with zero attached hydrogens (tertiary/aromatic N) is 3. The van der Waals surface area contributed by atoms with E-state index in [9.17, 15) is 4.79 Å². The first kappa shape index (κ1) is 23.1. The lowest BCUT2D eigenvalue weighted by Crippen LogP contribution is -2.46. The predicted octanol–water partition coefficient (Wildman–Crippen LogP) is 2.20. The lowest BCUT2D eigenvalue weighted by molar-refractivity contribution is -0.121. The SMILES string of the molecule is Cc1nc(COc2ccc(CN3CCCCC3CNC(=O)CCN)cc2)no1.Cl. The second-order valence-corrected chi connectivity index (χ2v) is 7.13. The summed E-state index contributed by atoms with van der Waals surface area (Å²) in [6, 6.07) is 8.45. The van der Waals surface area contributed by atoms with Gasteiger partial charge in [0.25, 0.3) is 0 Å². The van der Waals surface area contributed by atoms with Gasteiger partial charge in [0, 0.05) is 39.0 Å². The van der Waals surface area contributed by atoms with Gasteiger partial charge >= 0.3 is 0 Å². The zero-order valence-electron chi connectivity index (χ0n) is 16.8. The van der Waals surface area contributed by atoms with E-state index >= 15 is 0 Å². The van der Waals surface area contributed by atoms with E-state index in [2.05, 4.69) is 32.5 Å². The van der Waals surface area contributed by atoms with Crippen LogP contribution in [0.2, 0.25) is 0 Å². The molecule has 0 saturated carbocycles. The Morgan fingerprint density at radius 1 is 1.34 bits per heavy atom. The molecule has 0 bridgehead atoms. The number of likely N-dealkylation sites (tertiary alicyclic amines) is 1. The number of rotatable bonds is 9. The lowest BCUT2D eigenvalue weighted by Gasteiger charge is -2.36. The molecule has 1 aromatic carbocycles. The second-order valence-electron chi connectivity index (χ2n) is 7.13. The third kappa shape index (κ3) is 7.30. The number of nitrogens with two attached hydrogens (primary N) is 1. The Morgan fingerprint density at radius 3 is 2.83 bits per heavy atom. The quantitative estimate of drug-likeness (QED) is 0.636. The number of aromatic nitrogens is 2. The molecule has 29 heavy (non-hydrogen) atoms.